The first kappa shape index (κ1) is 17.1. The first-order valence-electron chi connectivity index (χ1n) is 7.90. The number of hydrogen-bond acceptors (Lipinski definition) is 3. The molecule has 0 saturated carbocycles. The zero-order valence-corrected chi connectivity index (χ0v) is 13.7. The van der Waals surface area contributed by atoms with Crippen LogP contribution in [0.5, 0.6) is 5.75 Å². The van der Waals surface area contributed by atoms with Crippen LogP contribution in [-0.4, -0.2) is 48.8 Å². The average molecular weight is 320 g/mol. The van der Waals surface area contributed by atoms with E-state index in [2.05, 4.69) is 5.32 Å². The number of aryl methyl sites for hydroxylation is 1. The number of carboxylic acids is 1. The highest BCUT2D eigenvalue weighted by atomic mass is 16.5. The minimum Gasteiger partial charge on any atom is -0.496 e. The van der Waals surface area contributed by atoms with Crippen LogP contribution in [0, 0.1) is 12.8 Å². The number of nitrogens with zero attached hydrogens (tertiary/aromatic N) is 1. The summed E-state index contributed by atoms with van der Waals surface area (Å²) in [6, 6.07) is 5.77. The fourth-order valence-electron chi connectivity index (χ4n) is 2.88. The van der Waals surface area contributed by atoms with Crippen molar-refractivity contribution in [2.24, 2.45) is 5.92 Å². The van der Waals surface area contributed by atoms with Crippen LogP contribution >= 0.6 is 0 Å². The van der Waals surface area contributed by atoms with Gasteiger partial charge in [0.05, 0.1) is 13.0 Å². The quantitative estimate of drug-likeness (QED) is 0.870. The number of carbonyl (C=O) groups excluding carboxylic acids is 1. The Morgan fingerprint density at radius 1 is 1.43 bits per heavy atom. The number of rotatable bonds is 5. The summed E-state index contributed by atoms with van der Waals surface area (Å²) in [5, 5.41) is 11.9. The third kappa shape index (κ3) is 4.61. The van der Waals surface area contributed by atoms with Gasteiger partial charge in [0.25, 0.3) is 0 Å². The van der Waals surface area contributed by atoms with E-state index in [1.165, 1.54) is 0 Å². The molecule has 1 heterocycles. The van der Waals surface area contributed by atoms with E-state index < -0.39 is 11.9 Å². The number of benzene rings is 1. The Morgan fingerprint density at radius 2 is 2.22 bits per heavy atom. The fraction of sp³-hybridized carbons (Fsp3) is 0.529. The van der Waals surface area contributed by atoms with Gasteiger partial charge in [-0.15, -0.1) is 0 Å². The number of amides is 2. The van der Waals surface area contributed by atoms with E-state index in [9.17, 15) is 9.59 Å². The van der Waals surface area contributed by atoms with Crippen molar-refractivity contribution < 1.29 is 19.4 Å². The third-order valence-corrected chi connectivity index (χ3v) is 4.16. The molecular formula is C17H24N2O4. The van der Waals surface area contributed by atoms with E-state index in [0.717, 1.165) is 23.3 Å². The number of carbonyl (C=O) groups is 2. The summed E-state index contributed by atoms with van der Waals surface area (Å²) in [7, 11) is 1.63. The molecule has 1 aromatic carbocycles. The zero-order valence-electron chi connectivity index (χ0n) is 13.7. The normalized spacial score (nSPS) is 17.7. The summed E-state index contributed by atoms with van der Waals surface area (Å²) in [6.07, 6.45) is 2.04. The highest BCUT2D eigenvalue weighted by molar-refractivity contribution is 5.76. The molecule has 0 bridgehead atoms. The van der Waals surface area contributed by atoms with Gasteiger partial charge in [-0.1, -0.05) is 17.7 Å². The van der Waals surface area contributed by atoms with Crippen molar-refractivity contribution in [3.8, 4) is 5.75 Å². The van der Waals surface area contributed by atoms with E-state index in [4.69, 9.17) is 9.84 Å². The lowest BCUT2D eigenvalue weighted by atomic mass is 9.99. The topological polar surface area (TPSA) is 78.9 Å². The Morgan fingerprint density at radius 3 is 2.91 bits per heavy atom. The fourth-order valence-corrected chi connectivity index (χ4v) is 2.88. The Hall–Kier alpha value is -2.24. The van der Waals surface area contributed by atoms with Crippen molar-refractivity contribution >= 4 is 12.0 Å². The van der Waals surface area contributed by atoms with Crippen molar-refractivity contribution in [2.75, 3.05) is 26.7 Å². The van der Waals surface area contributed by atoms with Crippen LogP contribution in [0.3, 0.4) is 0 Å². The van der Waals surface area contributed by atoms with E-state index in [0.29, 0.717) is 25.9 Å². The molecular weight excluding hydrogens is 296 g/mol. The van der Waals surface area contributed by atoms with Gasteiger partial charge in [0.2, 0.25) is 0 Å². The molecule has 0 aromatic heterocycles. The highest BCUT2D eigenvalue weighted by Crippen LogP contribution is 2.20. The second kappa shape index (κ2) is 7.85. The van der Waals surface area contributed by atoms with Crippen LogP contribution in [0.1, 0.15) is 24.0 Å². The minimum atomic E-state index is -0.827. The molecule has 2 rings (SSSR count). The molecule has 0 spiro atoms. The Bertz CT molecular complexity index is 574. The summed E-state index contributed by atoms with van der Waals surface area (Å²) in [5.74, 6) is -0.466. The Kier molecular flexibility index (Phi) is 5.84. The van der Waals surface area contributed by atoms with E-state index in [1.807, 2.05) is 25.1 Å². The molecule has 23 heavy (non-hydrogen) atoms. The van der Waals surface area contributed by atoms with Gasteiger partial charge in [-0.05, 0) is 37.8 Å². The first-order valence-corrected chi connectivity index (χ1v) is 7.90. The molecule has 126 valence electrons. The predicted octanol–water partition coefficient (Wildman–Crippen LogP) is 2.05. The molecule has 1 unspecified atom stereocenters. The van der Waals surface area contributed by atoms with Crippen LogP contribution in [0.2, 0.25) is 0 Å². The molecule has 0 radical (unpaired) electrons. The second-order valence-corrected chi connectivity index (χ2v) is 5.92. The average Bonchev–Trinajstić information content (AvgIpc) is 2.55. The first-order chi connectivity index (χ1) is 11.0. The van der Waals surface area contributed by atoms with Crippen molar-refractivity contribution in [3.05, 3.63) is 29.3 Å². The van der Waals surface area contributed by atoms with Crippen LogP contribution in [-0.2, 0) is 11.2 Å². The maximum absolute atomic E-state index is 12.2. The molecule has 1 aliphatic heterocycles. The molecule has 1 saturated heterocycles. The van der Waals surface area contributed by atoms with Gasteiger partial charge in [-0.2, -0.15) is 0 Å². The monoisotopic (exact) mass is 320 g/mol. The Balaban J connectivity index is 1.85. The maximum Gasteiger partial charge on any atom is 0.317 e. The SMILES string of the molecule is COc1ccc(C)cc1CCNC(=O)N1CCCC(C(=O)O)C1. The lowest BCUT2D eigenvalue weighted by Gasteiger charge is -2.30. The third-order valence-electron chi connectivity index (χ3n) is 4.16. The van der Waals surface area contributed by atoms with Crippen LogP contribution in [0.15, 0.2) is 18.2 Å². The van der Waals surface area contributed by atoms with E-state index >= 15 is 0 Å². The maximum atomic E-state index is 12.2. The van der Waals surface area contributed by atoms with E-state index in [1.54, 1.807) is 12.0 Å². The molecule has 0 aliphatic carbocycles. The smallest absolute Gasteiger partial charge is 0.317 e. The summed E-state index contributed by atoms with van der Waals surface area (Å²) in [5.41, 5.74) is 2.20. The standard InChI is InChI=1S/C17H24N2O4/c1-12-5-6-15(23-2)13(10-12)7-8-18-17(22)19-9-3-4-14(11-19)16(20)21/h5-6,10,14H,3-4,7-9,11H2,1-2H3,(H,18,22)(H,20,21). The van der Waals surface area contributed by atoms with Crippen molar-refractivity contribution in [3.63, 3.8) is 0 Å². The number of hydrogen-bond donors (Lipinski definition) is 2. The number of urea groups is 1. The Labute approximate surface area is 136 Å². The second-order valence-electron chi connectivity index (χ2n) is 5.92. The number of likely N-dealkylation sites (tertiary alicyclic amines) is 1. The van der Waals surface area contributed by atoms with Crippen LogP contribution in [0.25, 0.3) is 0 Å². The molecule has 1 aromatic rings. The van der Waals surface area contributed by atoms with Gasteiger partial charge >= 0.3 is 12.0 Å². The number of carboxylic acid groups (broad SMARTS) is 1. The molecule has 2 N–H and O–H groups in total. The van der Waals surface area contributed by atoms with Gasteiger partial charge in [0, 0.05) is 19.6 Å². The molecule has 1 fully saturated rings. The number of ether oxygens (including phenoxy) is 1. The van der Waals surface area contributed by atoms with Crippen molar-refractivity contribution in [1.82, 2.24) is 10.2 Å². The van der Waals surface area contributed by atoms with Gasteiger partial charge in [-0.3, -0.25) is 4.79 Å². The summed E-state index contributed by atoms with van der Waals surface area (Å²) in [6.45, 7) is 3.41. The molecule has 1 atom stereocenters. The number of aliphatic carboxylic acids is 1. The highest BCUT2D eigenvalue weighted by Gasteiger charge is 2.27. The van der Waals surface area contributed by atoms with Gasteiger partial charge in [0.15, 0.2) is 0 Å². The van der Waals surface area contributed by atoms with Crippen molar-refractivity contribution in [1.29, 1.82) is 0 Å². The zero-order chi connectivity index (χ0) is 16.8. The number of methoxy groups -OCH3 is 1. The van der Waals surface area contributed by atoms with E-state index in [-0.39, 0.29) is 12.6 Å². The summed E-state index contributed by atoms with van der Waals surface area (Å²) >= 11 is 0. The van der Waals surface area contributed by atoms with Crippen LogP contribution in [0.4, 0.5) is 4.79 Å². The summed E-state index contributed by atoms with van der Waals surface area (Å²) in [4.78, 5) is 24.8. The van der Waals surface area contributed by atoms with Gasteiger partial charge in [-0.25, -0.2) is 4.79 Å². The largest absolute Gasteiger partial charge is 0.496 e. The lowest BCUT2D eigenvalue weighted by molar-refractivity contribution is -0.143. The number of piperidine rings is 1. The molecule has 6 nitrogen and oxygen atoms in total. The number of nitrogens with one attached hydrogen (secondary N) is 1. The molecule has 1 aliphatic rings. The predicted molar refractivity (Wildman–Crippen MR) is 86.8 cm³/mol. The van der Waals surface area contributed by atoms with Crippen molar-refractivity contribution in [2.45, 2.75) is 26.2 Å². The van der Waals surface area contributed by atoms with Gasteiger partial charge < -0.3 is 20.1 Å². The summed E-state index contributed by atoms with van der Waals surface area (Å²) < 4.78 is 5.33. The minimum absolute atomic E-state index is 0.192. The molecule has 2 amide bonds. The van der Waals surface area contributed by atoms with Gasteiger partial charge in [0.1, 0.15) is 5.75 Å². The van der Waals surface area contributed by atoms with Crippen LogP contribution < -0.4 is 10.1 Å². The molecule has 6 heteroatoms. The lowest BCUT2D eigenvalue weighted by Crippen LogP contribution is -2.47.